The molecule has 1 nitrogen and oxygen atoms in total. The monoisotopic (exact) mass is 778 g/mol. The summed E-state index contributed by atoms with van der Waals surface area (Å²) in [6, 6.07) is 75.7. The molecule has 0 spiro atoms. The number of para-hydroxylation sites is 1. The second-order valence-electron chi connectivity index (χ2n) is 15.8. The minimum atomic E-state index is 0.910. The first-order valence-corrected chi connectivity index (χ1v) is 21.4. The van der Waals surface area contributed by atoms with Crippen molar-refractivity contribution < 1.29 is 4.42 Å². The second kappa shape index (κ2) is 13.0. The lowest BCUT2D eigenvalue weighted by molar-refractivity contribution is 0.669. The normalized spacial score (nSPS) is 12.0. The quantitative estimate of drug-likeness (QED) is 0.162. The van der Waals surface area contributed by atoms with Crippen molar-refractivity contribution >= 4 is 96.5 Å². The Kier molecular flexibility index (Phi) is 7.24. The number of hydrogen-bond acceptors (Lipinski definition) is 2. The van der Waals surface area contributed by atoms with Crippen LogP contribution >= 0.6 is 11.3 Å². The van der Waals surface area contributed by atoms with Crippen LogP contribution in [-0.4, -0.2) is 0 Å². The fourth-order valence-electron chi connectivity index (χ4n) is 10.2. The Morgan fingerprint density at radius 1 is 0.267 bits per heavy atom. The summed E-state index contributed by atoms with van der Waals surface area (Å²) in [5, 5.41) is 14.9. The van der Waals surface area contributed by atoms with Crippen LogP contribution in [0.1, 0.15) is 0 Å². The van der Waals surface area contributed by atoms with Crippen LogP contribution in [0.2, 0.25) is 0 Å². The highest BCUT2D eigenvalue weighted by Crippen LogP contribution is 2.50. The van der Waals surface area contributed by atoms with Crippen molar-refractivity contribution in [3.63, 3.8) is 0 Å². The Balaban J connectivity index is 1.04. The molecule has 0 aliphatic heterocycles. The summed E-state index contributed by atoms with van der Waals surface area (Å²) in [6.45, 7) is 0. The molecule has 2 heteroatoms. The third-order valence-electron chi connectivity index (χ3n) is 12.6. The third-order valence-corrected chi connectivity index (χ3v) is 13.8. The standard InChI is InChI=1S/C58H34OS/c1-2-15-35(16-3-1)54-40-18-4-6-20-42(40)56(43-21-7-5-19-41(43)54)37-30-32-48-53(34-37)60-52-28-14-26-49(58(48)52)57-46-24-10-8-22-44(46)55(45-23-9-11-25-47(45)57)36-29-31-39-38-17-12-13-27-50(38)59-51(39)33-36/h1-34H. The molecular weight excluding hydrogens is 745 g/mol. The van der Waals surface area contributed by atoms with Crippen LogP contribution in [0.3, 0.4) is 0 Å². The average Bonchev–Trinajstić information content (AvgIpc) is 3.88. The maximum atomic E-state index is 6.42. The SMILES string of the molecule is c1ccc(-c2c3ccccc3c(-c3ccc4c(c3)sc3cccc(-c5c6ccccc6c(-c6ccc7c(c6)oc6ccccc67)c6ccccc56)c34)c3ccccc23)cc1. The highest BCUT2D eigenvalue weighted by Gasteiger charge is 2.22. The summed E-state index contributed by atoms with van der Waals surface area (Å²) in [5.74, 6) is 0. The first kappa shape index (κ1) is 33.5. The van der Waals surface area contributed by atoms with Crippen LogP contribution in [0.4, 0.5) is 0 Å². The van der Waals surface area contributed by atoms with Gasteiger partial charge in [0.2, 0.25) is 0 Å². The number of thiophene rings is 1. The zero-order chi connectivity index (χ0) is 39.3. The summed E-state index contributed by atoms with van der Waals surface area (Å²) in [4.78, 5) is 0. The van der Waals surface area contributed by atoms with Crippen molar-refractivity contribution in [3.8, 4) is 44.5 Å². The maximum Gasteiger partial charge on any atom is 0.136 e. The zero-order valence-electron chi connectivity index (χ0n) is 32.4. The van der Waals surface area contributed by atoms with E-state index in [-0.39, 0.29) is 0 Å². The van der Waals surface area contributed by atoms with Crippen molar-refractivity contribution in [1.82, 2.24) is 0 Å². The van der Waals surface area contributed by atoms with E-state index in [1.807, 2.05) is 17.4 Å². The lowest BCUT2D eigenvalue weighted by Crippen LogP contribution is -1.91. The molecule has 60 heavy (non-hydrogen) atoms. The topological polar surface area (TPSA) is 13.1 Å². The lowest BCUT2D eigenvalue weighted by atomic mass is 9.84. The molecule has 0 atom stereocenters. The third kappa shape index (κ3) is 4.86. The molecule has 0 amide bonds. The van der Waals surface area contributed by atoms with Gasteiger partial charge in [-0.25, -0.2) is 0 Å². The Morgan fingerprint density at radius 2 is 0.717 bits per heavy atom. The van der Waals surface area contributed by atoms with Crippen LogP contribution in [0.15, 0.2) is 211 Å². The molecule has 0 radical (unpaired) electrons. The first-order valence-electron chi connectivity index (χ1n) is 20.6. The van der Waals surface area contributed by atoms with Gasteiger partial charge in [-0.15, -0.1) is 11.3 Å². The summed E-state index contributed by atoms with van der Waals surface area (Å²) in [7, 11) is 0. The Morgan fingerprint density at radius 3 is 1.30 bits per heavy atom. The van der Waals surface area contributed by atoms with E-state index >= 15 is 0 Å². The van der Waals surface area contributed by atoms with E-state index in [1.54, 1.807) is 0 Å². The van der Waals surface area contributed by atoms with Crippen LogP contribution in [0.5, 0.6) is 0 Å². The lowest BCUT2D eigenvalue weighted by Gasteiger charge is -2.18. The van der Waals surface area contributed by atoms with Crippen LogP contribution in [-0.2, 0) is 0 Å². The van der Waals surface area contributed by atoms with E-state index in [1.165, 1.54) is 102 Å². The molecule has 0 N–H and O–H groups in total. The minimum absolute atomic E-state index is 0.910. The molecule has 13 rings (SSSR count). The zero-order valence-corrected chi connectivity index (χ0v) is 33.3. The molecule has 0 fully saturated rings. The van der Waals surface area contributed by atoms with Crippen LogP contribution in [0, 0.1) is 0 Å². The molecule has 0 aliphatic rings. The van der Waals surface area contributed by atoms with Gasteiger partial charge >= 0.3 is 0 Å². The fraction of sp³-hybridized carbons (Fsp3) is 0. The van der Waals surface area contributed by atoms with Gasteiger partial charge in [-0.2, -0.15) is 0 Å². The minimum Gasteiger partial charge on any atom is -0.456 e. The predicted octanol–water partition coefficient (Wildman–Crippen LogP) is 17.2. The van der Waals surface area contributed by atoms with Gasteiger partial charge in [0.15, 0.2) is 0 Å². The van der Waals surface area contributed by atoms with Gasteiger partial charge in [0.1, 0.15) is 11.2 Å². The van der Waals surface area contributed by atoms with Crippen molar-refractivity contribution in [2.45, 2.75) is 0 Å². The Bertz CT molecular complexity index is 3770. The molecule has 13 aromatic rings. The molecule has 0 bridgehead atoms. The number of hydrogen-bond donors (Lipinski definition) is 0. The molecular formula is C58H34OS. The van der Waals surface area contributed by atoms with E-state index < -0.39 is 0 Å². The van der Waals surface area contributed by atoms with Gasteiger partial charge in [0.05, 0.1) is 0 Å². The van der Waals surface area contributed by atoms with Crippen molar-refractivity contribution in [3.05, 3.63) is 206 Å². The van der Waals surface area contributed by atoms with Crippen molar-refractivity contribution in [2.75, 3.05) is 0 Å². The van der Waals surface area contributed by atoms with E-state index in [2.05, 4.69) is 200 Å². The highest BCUT2D eigenvalue weighted by atomic mass is 32.1. The van der Waals surface area contributed by atoms with Gasteiger partial charge in [-0.3, -0.25) is 0 Å². The first-order chi connectivity index (χ1) is 29.8. The maximum absolute atomic E-state index is 6.42. The largest absolute Gasteiger partial charge is 0.456 e. The summed E-state index contributed by atoms with van der Waals surface area (Å²) in [6.07, 6.45) is 0. The summed E-state index contributed by atoms with van der Waals surface area (Å²) < 4.78 is 9.00. The number of furan rings is 1. The molecule has 278 valence electrons. The Hall–Kier alpha value is -7.52. The highest BCUT2D eigenvalue weighted by molar-refractivity contribution is 7.26. The molecule has 0 aliphatic carbocycles. The van der Waals surface area contributed by atoms with E-state index in [4.69, 9.17) is 4.42 Å². The van der Waals surface area contributed by atoms with E-state index in [9.17, 15) is 0 Å². The summed E-state index contributed by atoms with van der Waals surface area (Å²) in [5.41, 5.74) is 11.8. The van der Waals surface area contributed by atoms with Gasteiger partial charge in [-0.05, 0) is 118 Å². The van der Waals surface area contributed by atoms with E-state index in [0.29, 0.717) is 0 Å². The predicted molar refractivity (Wildman–Crippen MR) is 258 cm³/mol. The number of benzene rings is 11. The molecule has 0 unspecified atom stereocenters. The van der Waals surface area contributed by atoms with Gasteiger partial charge < -0.3 is 4.42 Å². The van der Waals surface area contributed by atoms with Crippen LogP contribution < -0.4 is 0 Å². The molecule has 2 aromatic heterocycles. The van der Waals surface area contributed by atoms with Gasteiger partial charge in [0, 0.05) is 30.9 Å². The van der Waals surface area contributed by atoms with Gasteiger partial charge in [0.25, 0.3) is 0 Å². The molecule has 2 heterocycles. The smallest absolute Gasteiger partial charge is 0.136 e. The van der Waals surface area contributed by atoms with Crippen molar-refractivity contribution in [1.29, 1.82) is 0 Å². The molecule has 0 saturated heterocycles. The molecule has 0 saturated carbocycles. The van der Waals surface area contributed by atoms with Crippen LogP contribution in [0.25, 0.3) is 130 Å². The van der Waals surface area contributed by atoms with E-state index in [0.717, 1.165) is 27.5 Å². The Labute approximate surface area is 350 Å². The van der Waals surface area contributed by atoms with Gasteiger partial charge in [-0.1, -0.05) is 176 Å². The number of rotatable bonds is 4. The number of fused-ring (bicyclic) bond motifs is 10. The molecule has 11 aromatic carbocycles. The average molecular weight is 779 g/mol. The van der Waals surface area contributed by atoms with Crippen molar-refractivity contribution in [2.24, 2.45) is 0 Å². The fourth-order valence-corrected chi connectivity index (χ4v) is 11.3. The summed E-state index contributed by atoms with van der Waals surface area (Å²) >= 11 is 1.89. The second-order valence-corrected chi connectivity index (χ2v) is 16.9.